The van der Waals surface area contributed by atoms with Gasteiger partial charge in [0, 0.05) is 51.7 Å². The molecule has 0 bridgehead atoms. The molecule has 0 aliphatic heterocycles. The molecular formula is C38H37N5. The first kappa shape index (κ1) is 29.1. The number of nitrogens with two attached hydrogens (primary N) is 1. The minimum absolute atomic E-state index is 1.12. The number of rotatable bonds is 5. The maximum atomic E-state index is 4.60. The van der Waals surface area contributed by atoms with Crippen molar-refractivity contribution >= 4 is 61.2 Å². The lowest BCUT2D eigenvalue weighted by atomic mass is 10.1. The molecule has 43 heavy (non-hydrogen) atoms. The van der Waals surface area contributed by atoms with Gasteiger partial charge in [0.2, 0.25) is 0 Å². The van der Waals surface area contributed by atoms with Gasteiger partial charge >= 0.3 is 0 Å². The van der Waals surface area contributed by atoms with Crippen LogP contribution in [0.3, 0.4) is 0 Å². The predicted molar refractivity (Wildman–Crippen MR) is 188 cm³/mol. The van der Waals surface area contributed by atoms with Gasteiger partial charge in [-0.05, 0) is 55.6 Å². The lowest BCUT2D eigenvalue weighted by Gasteiger charge is -2.04. The minimum Gasteiger partial charge on any atom is -0.356 e. The zero-order valence-corrected chi connectivity index (χ0v) is 24.6. The van der Waals surface area contributed by atoms with Crippen molar-refractivity contribution in [3.05, 3.63) is 152 Å². The van der Waals surface area contributed by atoms with E-state index in [0.29, 0.717) is 0 Å². The van der Waals surface area contributed by atoms with E-state index in [9.17, 15) is 0 Å². The van der Waals surface area contributed by atoms with Crippen LogP contribution in [0.15, 0.2) is 152 Å². The van der Waals surface area contributed by atoms with Crippen LogP contribution in [-0.4, -0.2) is 16.2 Å². The monoisotopic (exact) mass is 563 g/mol. The van der Waals surface area contributed by atoms with Crippen LogP contribution in [0.5, 0.6) is 0 Å². The molecule has 0 saturated heterocycles. The highest BCUT2D eigenvalue weighted by molar-refractivity contribution is 6.25. The molecule has 0 aliphatic rings. The third-order valence-electron chi connectivity index (χ3n) is 7.17. The van der Waals surface area contributed by atoms with Crippen molar-refractivity contribution in [1.82, 2.24) is 14.6 Å². The number of aryl methyl sites for hydroxylation is 1. The Labute approximate surface area is 252 Å². The highest BCUT2D eigenvalue weighted by Gasteiger charge is 2.16. The normalized spacial score (nSPS) is 11.1. The van der Waals surface area contributed by atoms with Crippen molar-refractivity contribution in [2.75, 3.05) is 12.4 Å². The number of para-hydroxylation sites is 4. The number of allylic oxidation sites excluding steroid dienone is 4. The Hall–Kier alpha value is -5.36. The van der Waals surface area contributed by atoms with Crippen molar-refractivity contribution in [2.24, 2.45) is 12.9 Å². The number of hydrogen-bond donors (Lipinski definition) is 3. The fourth-order valence-corrected chi connectivity index (χ4v) is 5.40. The summed E-state index contributed by atoms with van der Waals surface area (Å²) in [4.78, 5) is 0. The van der Waals surface area contributed by atoms with E-state index in [4.69, 9.17) is 0 Å². The maximum Gasteiger partial charge on any atom is 0.0590 e. The van der Waals surface area contributed by atoms with E-state index in [1.807, 2.05) is 72.8 Å². The standard InChI is InChI=1S/C25H20N2.C12H11N.CH6N2/c1-3-4-5-10-17-27-22-14-9-7-12-20(22)24-23(27)16-15-19-18-11-6-8-13-21(18)26(2)25(19)24;1-3-7-11(8-4-1)13-12-9-5-2-6-10-12;1-3-2/h3-17H,1H2,2H3;1-10,13H;3H,2H2,1H3/b5-4-,17-10-;;. The van der Waals surface area contributed by atoms with E-state index in [0.717, 1.165) is 11.4 Å². The van der Waals surface area contributed by atoms with E-state index in [1.165, 1.54) is 43.6 Å². The lowest BCUT2D eigenvalue weighted by molar-refractivity contribution is 0.900. The van der Waals surface area contributed by atoms with Gasteiger partial charge in [-0.2, -0.15) is 0 Å². The summed E-state index contributed by atoms with van der Waals surface area (Å²) in [5, 5.41) is 8.50. The predicted octanol–water partition coefficient (Wildman–Crippen LogP) is 9.16. The molecule has 0 atom stereocenters. The molecule has 0 fully saturated rings. The molecule has 0 spiro atoms. The van der Waals surface area contributed by atoms with Crippen molar-refractivity contribution in [2.45, 2.75) is 0 Å². The number of anilines is 2. The van der Waals surface area contributed by atoms with Gasteiger partial charge in [-0.15, -0.1) is 0 Å². The SMILES string of the molecule is C=C/C=C\C=C/n1c2ccccc2c2c3c(ccc21)c1ccccc1n3C.CNN.c1ccc(Nc2ccccc2)cc1. The molecule has 7 rings (SSSR count). The molecule has 0 saturated carbocycles. The molecule has 2 heterocycles. The zero-order chi connectivity index (χ0) is 30.0. The number of fused-ring (bicyclic) bond motifs is 7. The molecule has 0 unspecified atom stereocenters. The second kappa shape index (κ2) is 14.0. The Morgan fingerprint density at radius 1 is 0.605 bits per heavy atom. The summed E-state index contributed by atoms with van der Waals surface area (Å²) in [5.74, 6) is 4.60. The Morgan fingerprint density at radius 3 is 1.79 bits per heavy atom. The van der Waals surface area contributed by atoms with E-state index in [1.54, 1.807) is 13.1 Å². The third-order valence-corrected chi connectivity index (χ3v) is 7.17. The summed E-state index contributed by atoms with van der Waals surface area (Å²) in [6.07, 6.45) is 9.91. The highest BCUT2D eigenvalue weighted by Crippen LogP contribution is 2.38. The maximum absolute atomic E-state index is 4.60. The van der Waals surface area contributed by atoms with Crippen LogP contribution in [0.2, 0.25) is 0 Å². The summed E-state index contributed by atoms with van der Waals surface area (Å²) < 4.78 is 4.60. The van der Waals surface area contributed by atoms with Crippen molar-refractivity contribution < 1.29 is 0 Å². The summed E-state index contributed by atoms with van der Waals surface area (Å²) >= 11 is 0. The van der Waals surface area contributed by atoms with E-state index >= 15 is 0 Å². The van der Waals surface area contributed by atoms with Crippen molar-refractivity contribution in [3.63, 3.8) is 0 Å². The molecule has 0 radical (unpaired) electrons. The van der Waals surface area contributed by atoms with E-state index < -0.39 is 0 Å². The summed E-state index contributed by atoms with van der Waals surface area (Å²) in [6, 6.07) is 42.0. The number of aromatic nitrogens is 2. The van der Waals surface area contributed by atoms with Crippen LogP contribution in [0.1, 0.15) is 0 Å². The van der Waals surface area contributed by atoms with Gasteiger partial charge in [0.15, 0.2) is 0 Å². The fraction of sp³-hybridized carbons (Fsp3) is 0.0526. The van der Waals surface area contributed by atoms with Crippen LogP contribution in [0.4, 0.5) is 11.4 Å². The van der Waals surface area contributed by atoms with Gasteiger partial charge in [0.25, 0.3) is 0 Å². The summed E-state index contributed by atoms with van der Waals surface area (Å²) in [7, 11) is 3.82. The lowest BCUT2D eigenvalue weighted by Crippen LogP contribution is -2.13. The number of benzene rings is 5. The quantitative estimate of drug-likeness (QED) is 0.111. The van der Waals surface area contributed by atoms with Gasteiger partial charge < -0.3 is 14.5 Å². The minimum atomic E-state index is 1.12. The largest absolute Gasteiger partial charge is 0.356 e. The zero-order valence-electron chi connectivity index (χ0n) is 24.6. The van der Waals surface area contributed by atoms with Crippen molar-refractivity contribution in [3.8, 4) is 0 Å². The number of nitrogens with zero attached hydrogens (tertiary/aromatic N) is 2. The first-order valence-electron chi connectivity index (χ1n) is 14.3. The molecule has 2 aromatic heterocycles. The van der Waals surface area contributed by atoms with Crippen LogP contribution >= 0.6 is 0 Å². The van der Waals surface area contributed by atoms with Gasteiger partial charge in [0.1, 0.15) is 0 Å². The van der Waals surface area contributed by atoms with E-state index in [2.05, 4.69) is 112 Å². The Kier molecular flexibility index (Phi) is 9.49. The molecule has 5 nitrogen and oxygen atoms in total. The molecular weight excluding hydrogens is 526 g/mol. The number of hydrazine groups is 1. The van der Waals surface area contributed by atoms with Crippen LogP contribution in [-0.2, 0) is 7.05 Å². The van der Waals surface area contributed by atoms with Crippen LogP contribution in [0, 0.1) is 0 Å². The van der Waals surface area contributed by atoms with E-state index in [-0.39, 0.29) is 0 Å². The summed E-state index contributed by atoms with van der Waals surface area (Å²) in [5.41, 5.74) is 9.48. The summed E-state index contributed by atoms with van der Waals surface area (Å²) in [6.45, 7) is 3.73. The Bertz CT molecular complexity index is 1970. The van der Waals surface area contributed by atoms with Crippen LogP contribution < -0.4 is 16.6 Å². The second-order valence-electron chi connectivity index (χ2n) is 9.93. The third kappa shape index (κ3) is 6.28. The van der Waals surface area contributed by atoms with Gasteiger partial charge in [-0.25, -0.2) is 0 Å². The number of nitrogens with one attached hydrogen (secondary N) is 2. The number of hydrogen-bond acceptors (Lipinski definition) is 3. The molecule has 5 aromatic carbocycles. The first-order valence-corrected chi connectivity index (χ1v) is 14.3. The molecule has 7 aromatic rings. The Balaban J connectivity index is 0.000000192. The average Bonchev–Trinajstić information content (AvgIpc) is 3.53. The first-order chi connectivity index (χ1) is 21.2. The van der Waals surface area contributed by atoms with Crippen LogP contribution in [0.25, 0.3) is 49.8 Å². The smallest absolute Gasteiger partial charge is 0.0590 e. The van der Waals surface area contributed by atoms with Gasteiger partial charge in [0.05, 0.1) is 16.6 Å². The topological polar surface area (TPSA) is 59.9 Å². The van der Waals surface area contributed by atoms with Gasteiger partial charge in [-0.1, -0.05) is 104 Å². The highest BCUT2D eigenvalue weighted by atomic mass is 15.2. The Morgan fingerprint density at radius 2 is 1.16 bits per heavy atom. The van der Waals surface area contributed by atoms with Crippen molar-refractivity contribution in [1.29, 1.82) is 0 Å². The average molecular weight is 564 g/mol. The molecule has 0 amide bonds. The molecule has 214 valence electrons. The molecule has 0 aliphatic carbocycles. The van der Waals surface area contributed by atoms with Gasteiger partial charge in [-0.3, -0.25) is 11.3 Å². The molecule has 4 N–H and O–H groups in total. The molecule has 5 heteroatoms. The fourth-order valence-electron chi connectivity index (χ4n) is 5.40. The second-order valence-corrected chi connectivity index (χ2v) is 9.93.